The number of hydrogen-bond donors (Lipinski definition) is 1. The molecule has 0 aliphatic carbocycles. The Morgan fingerprint density at radius 3 is 2.31 bits per heavy atom. The van der Waals surface area contributed by atoms with Crippen LogP contribution in [-0.2, 0) is 4.79 Å². The summed E-state index contributed by atoms with van der Waals surface area (Å²) in [5.74, 6) is -0.0604. The Bertz CT molecular complexity index is 1210. The van der Waals surface area contributed by atoms with Crippen molar-refractivity contribution in [1.29, 1.82) is 0 Å². The minimum absolute atomic E-state index is 0.00959. The maximum atomic E-state index is 13.0. The summed E-state index contributed by atoms with van der Waals surface area (Å²) in [7, 11) is 0. The summed E-state index contributed by atoms with van der Waals surface area (Å²) in [4.78, 5) is 47.0. The number of likely N-dealkylation sites (tertiary alicyclic amines) is 1. The monoisotopic (exact) mass is 489 g/mol. The fourth-order valence-corrected chi connectivity index (χ4v) is 5.18. The van der Waals surface area contributed by atoms with Gasteiger partial charge in [0.2, 0.25) is 5.91 Å². The highest BCUT2D eigenvalue weighted by atomic mass is 32.1. The topological polar surface area (TPSA) is 85.9 Å². The molecule has 0 saturated carbocycles. The molecule has 180 valence electrons. The Balaban J connectivity index is 1.12. The molecule has 0 radical (unpaired) electrons. The van der Waals surface area contributed by atoms with Gasteiger partial charge in [-0.05, 0) is 35.4 Å². The van der Waals surface area contributed by atoms with E-state index < -0.39 is 0 Å². The second-order valence-electron chi connectivity index (χ2n) is 8.87. The van der Waals surface area contributed by atoms with E-state index in [0.29, 0.717) is 42.8 Å². The molecule has 0 bridgehead atoms. The number of piperazine rings is 1. The number of nitrogens with zero attached hydrogens (tertiary/aromatic N) is 4. The van der Waals surface area contributed by atoms with Gasteiger partial charge in [0.15, 0.2) is 5.01 Å². The minimum Gasteiger partial charge on any atom is -0.335 e. The van der Waals surface area contributed by atoms with Crippen LogP contribution in [0.5, 0.6) is 0 Å². The van der Waals surface area contributed by atoms with Gasteiger partial charge in [-0.2, -0.15) is 0 Å². The van der Waals surface area contributed by atoms with E-state index in [-0.39, 0.29) is 17.7 Å². The smallest absolute Gasteiger partial charge is 0.282 e. The first kappa shape index (κ1) is 23.2. The molecule has 3 aromatic rings. The lowest BCUT2D eigenvalue weighted by Gasteiger charge is -2.48. The summed E-state index contributed by atoms with van der Waals surface area (Å²) in [6.07, 6.45) is 1.66. The highest BCUT2D eigenvalue weighted by Crippen LogP contribution is 2.25. The van der Waals surface area contributed by atoms with Crippen molar-refractivity contribution in [3.05, 3.63) is 70.7 Å². The summed E-state index contributed by atoms with van der Waals surface area (Å²) in [5.41, 5.74) is 3.38. The van der Waals surface area contributed by atoms with E-state index in [2.05, 4.69) is 15.2 Å². The maximum absolute atomic E-state index is 13.0. The van der Waals surface area contributed by atoms with Crippen LogP contribution < -0.4 is 5.32 Å². The van der Waals surface area contributed by atoms with Crippen LogP contribution in [0.3, 0.4) is 0 Å². The van der Waals surface area contributed by atoms with Gasteiger partial charge in [-0.15, -0.1) is 11.3 Å². The lowest BCUT2D eigenvalue weighted by molar-refractivity contribution is -0.114. The Morgan fingerprint density at radius 1 is 0.914 bits per heavy atom. The summed E-state index contributed by atoms with van der Waals surface area (Å²) in [5, 5.41) is 5.16. The van der Waals surface area contributed by atoms with Gasteiger partial charge in [-0.1, -0.05) is 24.3 Å². The first-order chi connectivity index (χ1) is 17.0. The van der Waals surface area contributed by atoms with Crippen LogP contribution >= 0.6 is 11.3 Å². The fourth-order valence-electron chi connectivity index (χ4n) is 4.57. The Kier molecular flexibility index (Phi) is 6.61. The Morgan fingerprint density at radius 2 is 1.66 bits per heavy atom. The van der Waals surface area contributed by atoms with Crippen LogP contribution in [0.1, 0.15) is 27.1 Å². The van der Waals surface area contributed by atoms with Crippen molar-refractivity contribution in [1.82, 2.24) is 19.7 Å². The van der Waals surface area contributed by atoms with Crippen LogP contribution in [0.15, 0.2) is 60.1 Å². The largest absolute Gasteiger partial charge is 0.335 e. The Hall–Kier alpha value is -3.56. The average Bonchev–Trinajstić information content (AvgIpc) is 3.38. The zero-order chi connectivity index (χ0) is 24.4. The molecule has 0 atom stereocenters. The number of carbonyl (C=O) groups is 3. The van der Waals surface area contributed by atoms with Crippen molar-refractivity contribution >= 4 is 34.7 Å². The molecule has 2 aromatic carbocycles. The van der Waals surface area contributed by atoms with Gasteiger partial charge in [-0.3, -0.25) is 19.3 Å². The lowest BCUT2D eigenvalue weighted by Crippen LogP contribution is -2.64. The molecule has 35 heavy (non-hydrogen) atoms. The van der Waals surface area contributed by atoms with Crippen LogP contribution in [0.4, 0.5) is 5.69 Å². The van der Waals surface area contributed by atoms with Gasteiger partial charge in [0, 0.05) is 75.1 Å². The van der Waals surface area contributed by atoms with Crippen LogP contribution in [0.2, 0.25) is 0 Å². The molecule has 1 N–H and O–H groups in total. The van der Waals surface area contributed by atoms with Gasteiger partial charge >= 0.3 is 0 Å². The molecule has 2 saturated heterocycles. The second kappa shape index (κ2) is 9.97. The van der Waals surface area contributed by atoms with Gasteiger partial charge in [0.25, 0.3) is 11.8 Å². The summed E-state index contributed by atoms with van der Waals surface area (Å²) < 4.78 is 0. The molecule has 0 unspecified atom stereocenters. The first-order valence-corrected chi connectivity index (χ1v) is 12.6. The average molecular weight is 490 g/mol. The summed E-state index contributed by atoms with van der Waals surface area (Å²) in [6.45, 7) is 5.91. The summed E-state index contributed by atoms with van der Waals surface area (Å²) >= 11 is 1.38. The van der Waals surface area contributed by atoms with E-state index in [4.69, 9.17) is 0 Å². The number of aromatic nitrogens is 1. The van der Waals surface area contributed by atoms with E-state index in [0.717, 1.165) is 29.9 Å². The predicted octanol–water partition coefficient (Wildman–Crippen LogP) is 3.05. The number of carbonyl (C=O) groups excluding carboxylic acids is 3. The maximum Gasteiger partial charge on any atom is 0.282 e. The summed E-state index contributed by atoms with van der Waals surface area (Å²) in [6, 6.07) is 15.6. The third kappa shape index (κ3) is 5.11. The van der Waals surface area contributed by atoms with Crippen molar-refractivity contribution in [2.45, 2.75) is 13.0 Å². The van der Waals surface area contributed by atoms with E-state index in [1.807, 2.05) is 63.7 Å². The molecular weight excluding hydrogens is 462 g/mol. The van der Waals surface area contributed by atoms with Crippen LogP contribution in [0.25, 0.3) is 11.1 Å². The molecule has 8 nitrogen and oxygen atoms in total. The molecule has 2 aliphatic heterocycles. The number of thiazole rings is 1. The molecule has 3 heterocycles. The third-order valence-corrected chi connectivity index (χ3v) is 7.29. The zero-order valence-electron chi connectivity index (χ0n) is 19.5. The fraction of sp³-hybridized carbons (Fsp3) is 0.308. The Labute approximate surface area is 208 Å². The highest BCUT2D eigenvalue weighted by Gasteiger charge is 2.37. The number of hydrogen-bond acceptors (Lipinski definition) is 6. The number of anilines is 1. The zero-order valence-corrected chi connectivity index (χ0v) is 20.3. The third-order valence-electron chi connectivity index (χ3n) is 6.53. The second-order valence-corrected chi connectivity index (χ2v) is 9.76. The minimum atomic E-state index is -0.109. The molecule has 1 aromatic heterocycles. The molecule has 0 spiro atoms. The SMILES string of the molecule is CC(=O)Nc1cccc(-c2ccc(C(=O)N3CC(N4CCN(C(=O)c5nccs5)CC4)C3)cc2)c1. The standard InChI is InChI=1S/C26H27N5O3S/c1-18(32)28-22-4-2-3-21(15-22)19-5-7-20(8-6-19)25(33)31-16-23(17-31)29-10-12-30(13-11-29)26(34)24-27-9-14-35-24/h2-9,14-15,23H,10-13,16-17H2,1H3,(H,28,32). The van der Waals surface area contributed by atoms with Gasteiger partial charge in [0.05, 0.1) is 0 Å². The molecule has 2 aliphatic rings. The van der Waals surface area contributed by atoms with Crippen LogP contribution in [0, 0.1) is 0 Å². The number of nitrogens with one attached hydrogen (secondary N) is 1. The highest BCUT2D eigenvalue weighted by molar-refractivity contribution is 7.11. The van der Waals surface area contributed by atoms with Crippen molar-refractivity contribution in [3.8, 4) is 11.1 Å². The van der Waals surface area contributed by atoms with E-state index >= 15 is 0 Å². The molecule has 3 amide bonds. The predicted molar refractivity (Wildman–Crippen MR) is 135 cm³/mol. The molecule has 9 heteroatoms. The quantitative estimate of drug-likeness (QED) is 0.596. The number of amides is 3. The van der Waals surface area contributed by atoms with Crippen molar-refractivity contribution in [2.24, 2.45) is 0 Å². The van der Waals surface area contributed by atoms with Crippen LogP contribution in [-0.4, -0.2) is 82.7 Å². The normalized spacial score (nSPS) is 16.6. The van der Waals surface area contributed by atoms with Crippen molar-refractivity contribution in [2.75, 3.05) is 44.6 Å². The van der Waals surface area contributed by atoms with E-state index in [1.54, 1.807) is 6.20 Å². The number of rotatable bonds is 5. The van der Waals surface area contributed by atoms with E-state index in [1.165, 1.54) is 18.3 Å². The van der Waals surface area contributed by atoms with Crippen molar-refractivity contribution < 1.29 is 14.4 Å². The van der Waals surface area contributed by atoms with Crippen molar-refractivity contribution in [3.63, 3.8) is 0 Å². The van der Waals surface area contributed by atoms with Gasteiger partial charge < -0.3 is 15.1 Å². The van der Waals surface area contributed by atoms with E-state index in [9.17, 15) is 14.4 Å². The lowest BCUT2D eigenvalue weighted by atomic mass is 10.0. The first-order valence-electron chi connectivity index (χ1n) is 11.7. The molecule has 5 rings (SSSR count). The van der Waals surface area contributed by atoms with Gasteiger partial charge in [0.1, 0.15) is 0 Å². The van der Waals surface area contributed by atoms with Gasteiger partial charge in [-0.25, -0.2) is 4.98 Å². The molecular formula is C26H27N5O3S. The molecule has 2 fully saturated rings. The number of benzene rings is 2.